The molecule has 3 N–H and O–H groups in total. The van der Waals surface area contributed by atoms with Crippen molar-refractivity contribution >= 4 is 22.4 Å². The Morgan fingerprint density at radius 3 is 2.29 bits per heavy atom. The molecule has 0 aliphatic heterocycles. The van der Waals surface area contributed by atoms with Crippen LogP contribution in [0.1, 0.15) is 17.0 Å². The summed E-state index contributed by atoms with van der Waals surface area (Å²) in [7, 11) is 2.23. The van der Waals surface area contributed by atoms with Crippen LogP contribution in [-0.2, 0) is 17.5 Å². The molecule has 3 rings (SSSR count). The van der Waals surface area contributed by atoms with Crippen LogP contribution in [0, 0.1) is 6.92 Å². The van der Waals surface area contributed by atoms with Gasteiger partial charge in [-0.3, -0.25) is 0 Å². The summed E-state index contributed by atoms with van der Waals surface area (Å²) >= 11 is 0. The highest BCUT2D eigenvalue weighted by Crippen LogP contribution is 2.36. The summed E-state index contributed by atoms with van der Waals surface area (Å²) in [4.78, 5) is 8.57. The summed E-state index contributed by atoms with van der Waals surface area (Å²) in [5, 5.41) is 3.29. The number of ether oxygens (including phenoxy) is 3. The van der Waals surface area contributed by atoms with Crippen LogP contribution in [0.15, 0.2) is 30.3 Å². The number of nitrogens with zero attached hydrogens (tertiary/aromatic N) is 2. The Bertz CT molecular complexity index is 1200. The van der Waals surface area contributed by atoms with Gasteiger partial charge in [-0.05, 0) is 36.8 Å². The van der Waals surface area contributed by atoms with Gasteiger partial charge in [0, 0.05) is 30.8 Å². The van der Waals surface area contributed by atoms with Gasteiger partial charge in [-0.15, -0.1) is 0 Å². The van der Waals surface area contributed by atoms with Gasteiger partial charge in [-0.25, -0.2) is 9.97 Å². The zero-order valence-electron chi connectivity index (χ0n) is 18.8. The summed E-state index contributed by atoms with van der Waals surface area (Å²) in [6.07, 6.45) is -11.4. The first-order chi connectivity index (χ1) is 16.3. The van der Waals surface area contributed by atoms with Gasteiger partial charge < -0.3 is 25.3 Å². The van der Waals surface area contributed by atoms with Gasteiger partial charge in [-0.2, -0.15) is 26.3 Å². The van der Waals surface area contributed by atoms with E-state index in [9.17, 15) is 26.3 Å². The van der Waals surface area contributed by atoms with E-state index < -0.39 is 30.6 Å². The average molecular weight is 504 g/mol. The lowest BCUT2D eigenvalue weighted by Crippen LogP contribution is -2.36. The third kappa shape index (κ3) is 6.35. The number of methoxy groups -OCH3 is 2. The molecule has 2 aromatic carbocycles. The van der Waals surface area contributed by atoms with Crippen LogP contribution in [0.3, 0.4) is 0 Å². The van der Waals surface area contributed by atoms with Gasteiger partial charge in [0.2, 0.25) is 0 Å². The lowest BCUT2D eigenvalue weighted by atomic mass is 10.1. The number of rotatable bonds is 8. The van der Waals surface area contributed by atoms with Crippen LogP contribution < -0.4 is 20.5 Å². The molecule has 35 heavy (non-hydrogen) atoms. The van der Waals surface area contributed by atoms with Crippen LogP contribution in [-0.4, -0.2) is 43.1 Å². The van der Waals surface area contributed by atoms with Crippen molar-refractivity contribution < 1.29 is 40.6 Å². The Labute approximate surface area is 196 Å². The molecule has 1 atom stereocenters. The van der Waals surface area contributed by atoms with E-state index in [1.165, 1.54) is 25.3 Å². The van der Waals surface area contributed by atoms with Crippen LogP contribution >= 0.6 is 0 Å². The van der Waals surface area contributed by atoms with Crippen molar-refractivity contribution in [3.8, 4) is 11.5 Å². The molecule has 1 heterocycles. The molecule has 3 aromatic rings. The average Bonchev–Trinajstić information content (AvgIpc) is 2.75. The highest BCUT2D eigenvalue weighted by Gasteiger charge is 2.40. The fourth-order valence-corrected chi connectivity index (χ4v) is 3.29. The van der Waals surface area contributed by atoms with Gasteiger partial charge in [0.25, 0.3) is 0 Å². The van der Waals surface area contributed by atoms with E-state index in [1.807, 2.05) is 0 Å². The second-order valence-corrected chi connectivity index (χ2v) is 7.53. The van der Waals surface area contributed by atoms with E-state index in [0.717, 1.165) is 19.2 Å². The topological polar surface area (TPSA) is 91.5 Å². The number of anilines is 2. The first kappa shape index (κ1) is 26.1. The molecule has 0 aliphatic carbocycles. The second kappa shape index (κ2) is 10.0. The lowest BCUT2D eigenvalue weighted by Gasteiger charge is -2.20. The number of aromatic nitrogens is 2. The van der Waals surface area contributed by atoms with Crippen molar-refractivity contribution in [1.82, 2.24) is 9.97 Å². The summed E-state index contributed by atoms with van der Waals surface area (Å²) in [5.41, 5.74) is 5.30. The largest absolute Gasteiger partial charge is 0.493 e. The van der Waals surface area contributed by atoms with Gasteiger partial charge in [0.1, 0.15) is 18.2 Å². The van der Waals surface area contributed by atoms with Crippen molar-refractivity contribution in [2.75, 3.05) is 31.9 Å². The van der Waals surface area contributed by atoms with E-state index >= 15 is 0 Å². The van der Waals surface area contributed by atoms with Crippen molar-refractivity contribution in [3.05, 3.63) is 47.3 Å². The Hall–Kier alpha value is -3.48. The first-order valence-electron chi connectivity index (χ1n) is 10.1. The van der Waals surface area contributed by atoms with E-state index in [0.29, 0.717) is 16.7 Å². The monoisotopic (exact) mass is 504 g/mol. The zero-order valence-corrected chi connectivity index (χ0v) is 18.8. The minimum absolute atomic E-state index is 0.0230. The maximum Gasteiger partial charge on any atom is 0.417 e. The smallest absolute Gasteiger partial charge is 0.417 e. The van der Waals surface area contributed by atoms with Gasteiger partial charge in [0.15, 0.2) is 17.6 Å². The van der Waals surface area contributed by atoms with E-state index in [-0.39, 0.29) is 35.1 Å². The fraction of sp³-hybridized carbons (Fsp3) is 0.364. The first-order valence-corrected chi connectivity index (χ1v) is 10.1. The number of nitrogen functional groups attached to an aromatic ring is 1. The predicted octanol–water partition coefficient (Wildman–Crippen LogP) is 5.12. The normalized spacial score (nSPS) is 13.1. The molecular formula is C22H22F6N4O3. The number of alkyl halides is 6. The molecule has 7 nitrogen and oxygen atoms in total. The molecular weight excluding hydrogens is 482 g/mol. The third-order valence-electron chi connectivity index (χ3n) is 4.94. The fourth-order valence-electron chi connectivity index (χ4n) is 3.29. The molecule has 0 amide bonds. The van der Waals surface area contributed by atoms with Crippen LogP contribution in [0.25, 0.3) is 10.9 Å². The summed E-state index contributed by atoms with van der Waals surface area (Å²) in [6.45, 7) is 0.707. The molecule has 0 saturated heterocycles. The van der Waals surface area contributed by atoms with Crippen molar-refractivity contribution in [2.24, 2.45) is 0 Å². The number of benzene rings is 2. The SMILES string of the molecule is COc1cc2nc(C)nc(NCc3cc(N)cc(C(F)(F)F)c3)c2cc1OCC(OC)C(F)(F)F. The molecule has 0 aliphatic rings. The molecule has 1 aromatic heterocycles. The number of nitrogens with two attached hydrogens (primary N) is 1. The Morgan fingerprint density at radius 1 is 0.971 bits per heavy atom. The van der Waals surface area contributed by atoms with Crippen LogP contribution in [0.5, 0.6) is 11.5 Å². The molecule has 0 bridgehead atoms. The quantitative estimate of drug-likeness (QED) is 0.325. The number of aryl methyl sites for hydroxylation is 1. The molecule has 0 saturated carbocycles. The number of halogens is 6. The number of nitrogens with one attached hydrogen (secondary N) is 1. The number of hydrogen-bond acceptors (Lipinski definition) is 7. The van der Waals surface area contributed by atoms with E-state index in [2.05, 4.69) is 20.0 Å². The Balaban J connectivity index is 1.94. The maximum absolute atomic E-state index is 13.1. The molecule has 13 heteroatoms. The third-order valence-corrected chi connectivity index (χ3v) is 4.94. The number of hydrogen-bond donors (Lipinski definition) is 2. The van der Waals surface area contributed by atoms with Crippen molar-refractivity contribution in [2.45, 2.75) is 31.9 Å². The highest BCUT2D eigenvalue weighted by molar-refractivity contribution is 5.91. The minimum atomic E-state index is -4.64. The molecule has 0 spiro atoms. The predicted molar refractivity (Wildman–Crippen MR) is 116 cm³/mol. The Kier molecular flexibility index (Phi) is 7.48. The zero-order chi connectivity index (χ0) is 26.0. The molecule has 190 valence electrons. The highest BCUT2D eigenvalue weighted by atomic mass is 19.4. The van der Waals surface area contributed by atoms with E-state index in [1.54, 1.807) is 6.92 Å². The van der Waals surface area contributed by atoms with Gasteiger partial charge >= 0.3 is 12.4 Å². The van der Waals surface area contributed by atoms with Gasteiger partial charge in [-0.1, -0.05) is 0 Å². The summed E-state index contributed by atoms with van der Waals surface area (Å²) in [5.74, 6) is 0.681. The van der Waals surface area contributed by atoms with Crippen molar-refractivity contribution in [3.63, 3.8) is 0 Å². The molecule has 0 fully saturated rings. The second-order valence-electron chi connectivity index (χ2n) is 7.53. The van der Waals surface area contributed by atoms with Crippen LogP contribution in [0.2, 0.25) is 0 Å². The summed E-state index contributed by atoms with van der Waals surface area (Å²) in [6, 6.07) is 6.02. The standard InChI is InChI=1S/C22H22F6N4O3/c1-11-31-16-8-17(33-2)18(35-10-19(34-3)22(26,27)28)7-15(16)20(32-11)30-9-12-4-13(21(23,24)25)6-14(29)5-12/h4-8,19H,9-10,29H2,1-3H3,(H,30,31,32). The minimum Gasteiger partial charge on any atom is -0.493 e. The number of fused-ring (bicyclic) bond motifs is 1. The van der Waals surface area contributed by atoms with E-state index in [4.69, 9.17) is 15.2 Å². The Morgan fingerprint density at radius 2 is 1.69 bits per heavy atom. The maximum atomic E-state index is 13.1. The van der Waals surface area contributed by atoms with Crippen LogP contribution in [0.4, 0.5) is 37.8 Å². The van der Waals surface area contributed by atoms with Gasteiger partial charge in [0.05, 0.1) is 18.2 Å². The lowest BCUT2D eigenvalue weighted by molar-refractivity contribution is -0.219. The molecule has 1 unspecified atom stereocenters. The van der Waals surface area contributed by atoms with Crippen molar-refractivity contribution in [1.29, 1.82) is 0 Å². The molecule has 0 radical (unpaired) electrons. The summed E-state index contributed by atoms with van der Waals surface area (Å²) < 4.78 is 93.4.